The van der Waals surface area contributed by atoms with Crippen LogP contribution < -0.4 is 10.7 Å². The summed E-state index contributed by atoms with van der Waals surface area (Å²) in [5, 5.41) is 7.82. The fraction of sp³-hybridized carbons (Fsp3) is 0.429. The van der Waals surface area contributed by atoms with Crippen molar-refractivity contribution in [2.45, 2.75) is 33.6 Å². The Morgan fingerprint density at radius 1 is 1.39 bits per heavy atom. The molecule has 98 valence electrons. The second kappa shape index (κ2) is 7.82. The minimum absolute atomic E-state index is 0.574. The van der Waals surface area contributed by atoms with Gasteiger partial charge in [0.05, 0.1) is 6.21 Å². The number of thiocarbonyl (C=S) groups is 1. The average Bonchev–Trinajstić information content (AvgIpc) is 2.34. The molecule has 0 saturated heterocycles. The van der Waals surface area contributed by atoms with Crippen molar-refractivity contribution in [1.29, 1.82) is 0 Å². The van der Waals surface area contributed by atoms with Gasteiger partial charge in [0.25, 0.3) is 0 Å². The van der Waals surface area contributed by atoms with Crippen LogP contribution in [0.25, 0.3) is 0 Å². The van der Waals surface area contributed by atoms with E-state index in [1.165, 1.54) is 11.1 Å². The Kier molecular flexibility index (Phi) is 6.36. The van der Waals surface area contributed by atoms with Crippen LogP contribution in [0.1, 0.15) is 36.5 Å². The highest BCUT2D eigenvalue weighted by Crippen LogP contribution is 2.07. The summed E-state index contributed by atoms with van der Waals surface area (Å²) in [6, 6.07) is 6.29. The lowest BCUT2D eigenvalue weighted by molar-refractivity contribution is 0.745. The molecular weight excluding hydrogens is 242 g/mol. The fourth-order valence-corrected chi connectivity index (χ4v) is 1.63. The highest BCUT2D eigenvalue weighted by molar-refractivity contribution is 7.80. The van der Waals surface area contributed by atoms with Crippen molar-refractivity contribution >= 4 is 23.5 Å². The number of hydrogen-bond acceptors (Lipinski definition) is 2. The average molecular weight is 263 g/mol. The molecule has 1 rings (SSSR count). The Hall–Kier alpha value is -1.42. The number of hydrazone groups is 1. The van der Waals surface area contributed by atoms with E-state index in [0.717, 1.165) is 24.9 Å². The number of benzene rings is 1. The molecule has 0 unspecified atom stereocenters. The van der Waals surface area contributed by atoms with Gasteiger partial charge < -0.3 is 5.32 Å². The summed E-state index contributed by atoms with van der Waals surface area (Å²) in [5.74, 6) is 0. The van der Waals surface area contributed by atoms with Gasteiger partial charge in [-0.1, -0.05) is 37.1 Å². The summed E-state index contributed by atoms with van der Waals surface area (Å²) in [7, 11) is 0. The summed E-state index contributed by atoms with van der Waals surface area (Å²) in [4.78, 5) is 0. The van der Waals surface area contributed by atoms with E-state index in [0.29, 0.717) is 5.11 Å². The van der Waals surface area contributed by atoms with Crippen molar-refractivity contribution < 1.29 is 0 Å². The Labute approximate surface area is 115 Å². The van der Waals surface area contributed by atoms with Crippen molar-refractivity contribution in [2.75, 3.05) is 6.54 Å². The zero-order valence-electron chi connectivity index (χ0n) is 11.3. The van der Waals surface area contributed by atoms with Crippen LogP contribution in [0.4, 0.5) is 0 Å². The van der Waals surface area contributed by atoms with Crippen molar-refractivity contribution in [1.82, 2.24) is 10.7 Å². The largest absolute Gasteiger partial charge is 0.361 e. The predicted octanol–water partition coefficient (Wildman–Crippen LogP) is 2.90. The third kappa shape index (κ3) is 5.27. The van der Waals surface area contributed by atoms with E-state index >= 15 is 0 Å². The first-order chi connectivity index (χ1) is 8.63. The zero-order chi connectivity index (χ0) is 13.4. The maximum absolute atomic E-state index is 5.11. The number of aryl methyl sites for hydroxylation is 2. The first kappa shape index (κ1) is 14.6. The van der Waals surface area contributed by atoms with Gasteiger partial charge in [0.1, 0.15) is 0 Å². The molecule has 0 saturated carbocycles. The van der Waals surface area contributed by atoms with Gasteiger partial charge in [-0.2, -0.15) is 5.10 Å². The monoisotopic (exact) mass is 263 g/mol. The summed E-state index contributed by atoms with van der Waals surface area (Å²) in [6.45, 7) is 7.18. The van der Waals surface area contributed by atoms with Crippen LogP contribution in [0, 0.1) is 13.8 Å². The van der Waals surface area contributed by atoms with E-state index in [4.69, 9.17) is 12.2 Å². The van der Waals surface area contributed by atoms with Crippen molar-refractivity contribution in [2.24, 2.45) is 5.10 Å². The van der Waals surface area contributed by atoms with Gasteiger partial charge in [-0.15, -0.1) is 0 Å². The van der Waals surface area contributed by atoms with Crippen LogP contribution in [0.3, 0.4) is 0 Å². The molecule has 0 fully saturated rings. The van der Waals surface area contributed by atoms with E-state index in [-0.39, 0.29) is 0 Å². The van der Waals surface area contributed by atoms with Crippen LogP contribution in [0.2, 0.25) is 0 Å². The number of unbranched alkanes of at least 4 members (excludes halogenated alkanes) is 1. The maximum atomic E-state index is 5.11. The Bertz CT molecular complexity index is 427. The molecule has 4 heteroatoms. The minimum Gasteiger partial charge on any atom is -0.361 e. The van der Waals surface area contributed by atoms with Crippen molar-refractivity contribution in [3.05, 3.63) is 34.9 Å². The summed E-state index contributed by atoms with van der Waals surface area (Å²) >= 11 is 5.11. The molecule has 0 bridgehead atoms. The summed E-state index contributed by atoms with van der Waals surface area (Å²) in [5.41, 5.74) is 6.37. The van der Waals surface area contributed by atoms with Gasteiger partial charge in [0.2, 0.25) is 0 Å². The zero-order valence-corrected chi connectivity index (χ0v) is 12.1. The normalized spacial score (nSPS) is 10.6. The second-order valence-electron chi connectivity index (χ2n) is 4.34. The maximum Gasteiger partial charge on any atom is 0.186 e. The molecule has 0 radical (unpaired) electrons. The quantitative estimate of drug-likeness (QED) is 0.371. The van der Waals surface area contributed by atoms with E-state index in [1.807, 2.05) is 0 Å². The molecule has 3 nitrogen and oxygen atoms in total. The predicted molar refractivity (Wildman–Crippen MR) is 82.2 cm³/mol. The van der Waals surface area contributed by atoms with Gasteiger partial charge >= 0.3 is 0 Å². The van der Waals surface area contributed by atoms with E-state index in [1.54, 1.807) is 6.21 Å². The van der Waals surface area contributed by atoms with E-state index < -0.39 is 0 Å². The van der Waals surface area contributed by atoms with Crippen LogP contribution in [-0.2, 0) is 0 Å². The van der Waals surface area contributed by atoms with Gasteiger partial charge in [-0.25, -0.2) is 0 Å². The number of rotatable bonds is 5. The Morgan fingerprint density at radius 3 is 2.89 bits per heavy atom. The molecule has 18 heavy (non-hydrogen) atoms. The van der Waals surface area contributed by atoms with E-state index in [2.05, 4.69) is 54.8 Å². The standard InChI is InChI=1S/C14H21N3S/c1-4-5-8-15-14(18)17-16-10-13-9-11(2)6-7-12(13)3/h6-7,9-10H,4-5,8H2,1-3H3,(H2,15,17,18)/b16-10-. The fourth-order valence-electron chi connectivity index (χ4n) is 1.48. The third-order valence-electron chi connectivity index (χ3n) is 2.62. The van der Waals surface area contributed by atoms with Gasteiger partial charge in [0, 0.05) is 6.54 Å². The van der Waals surface area contributed by atoms with Crippen LogP contribution in [-0.4, -0.2) is 17.9 Å². The molecule has 1 aromatic rings. The molecule has 0 heterocycles. The van der Waals surface area contributed by atoms with Crippen molar-refractivity contribution in [3.63, 3.8) is 0 Å². The second-order valence-corrected chi connectivity index (χ2v) is 4.75. The Morgan fingerprint density at radius 2 is 2.17 bits per heavy atom. The van der Waals surface area contributed by atoms with Gasteiger partial charge in [-0.05, 0) is 43.6 Å². The first-order valence-electron chi connectivity index (χ1n) is 6.27. The highest BCUT2D eigenvalue weighted by atomic mass is 32.1. The third-order valence-corrected chi connectivity index (χ3v) is 2.86. The number of hydrogen-bond donors (Lipinski definition) is 2. The van der Waals surface area contributed by atoms with Crippen molar-refractivity contribution in [3.8, 4) is 0 Å². The van der Waals surface area contributed by atoms with Crippen LogP contribution in [0.15, 0.2) is 23.3 Å². The molecule has 0 aliphatic rings. The minimum atomic E-state index is 0.574. The highest BCUT2D eigenvalue weighted by Gasteiger charge is 1.95. The molecule has 2 N–H and O–H groups in total. The molecule has 0 aliphatic carbocycles. The van der Waals surface area contributed by atoms with E-state index in [9.17, 15) is 0 Å². The molecule has 0 aromatic heterocycles. The number of nitrogens with one attached hydrogen (secondary N) is 2. The summed E-state index contributed by atoms with van der Waals surface area (Å²) in [6.07, 6.45) is 4.07. The molecule has 0 aliphatic heterocycles. The van der Waals surface area contributed by atoms with Crippen LogP contribution in [0.5, 0.6) is 0 Å². The lowest BCUT2D eigenvalue weighted by atomic mass is 10.1. The first-order valence-corrected chi connectivity index (χ1v) is 6.68. The molecule has 0 amide bonds. The molecular formula is C14H21N3S. The molecule has 0 atom stereocenters. The lowest BCUT2D eigenvalue weighted by Crippen LogP contribution is -2.32. The summed E-state index contributed by atoms with van der Waals surface area (Å²) < 4.78 is 0. The molecule has 0 spiro atoms. The smallest absolute Gasteiger partial charge is 0.186 e. The number of nitrogens with zero attached hydrogens (tertiary/aromatic N) is 1. The Balaban J connectivity index is 2.44. The molecule has 1 aromatic carbocycles. The van der Waals surface area contributed by atoms with Crippen LogP contribution >= 0.6 is 12.2 Å². The SMILES string of the molecule is CCCCNC(=S)N/N=C\c1cc(C)ccc1C. The topological polar surface area (TPSA) is 36.4 Å². The van der Waals surface area contributed by atoms with Gasteiger partial charge in [-0.3, -0.25) is 5.43 Å². The lowest BCUT2D eigenvalue weighted by Gasteiger charge is -2.06. The van der Waals surface area contributed by atoms with Gasteiger partial charge in [0.15, 0.2) is 5.11 Å².